The van der Waals surface area contributed by atoms with Crippen LogP contribution in [0.1, 0.15) is 27.7 Å². The fourth-order valence-electron chi connectivity index (χ4n) is 4.07. The molecule has 0 unspecified atom stereocenters. The molecule has 0 saturated heterocycles. The van der Waals surface area contributed by atoms with Gasteiger partial charge in [0, 0.05) is 9.75 Å². The smallest absolute Gasteiger partial charge is 0.341 e. The molecule has 0 aliphatic carbocycles. The van der Waals surface area contributed by atoms with E-state index in [0.717, 1.165) is 20.9 Å². The van der Waals surface area contributed by atoms with Crippen molar-refractivity contribution in [1.29, 1.82) is 0 Å². The predicted molar refractivity (Wildman–Crippen MR) is 160 cm³/mol. The van der Waals surface area contributed by atoms with E-state index in [1.54, 1.807) is 11.5 Å². The average Bonchev–Trinajstić information content (AvgIpc) is 3.49. The lowest BCUT2D eigenvalue weighted by atomic mass is 10.1. The number of nitrogens with one attached hydrogen (secondary N) is 1. The Kier molecular flexibility index (Phi) is 7.97. The highest BCUT2D eigenvalue weighted by atomic mass is 32.2. The number of aryl methyl sites for hydroxylation is 1. The molecule has 5 rings (SSSR count). The second kappa shape index (κ2) is 11.6. The number of nitrogens with zero attached hydrogens (tertiary/aromatic N) is 2. The summed E-state index contributed by atoms with van der Waals surface area (Å²) in [4.78, 5) is 46.6. The number of fused-ring (bicyclic) bond motifs is 1. The van der Waals surface area contributed by atoms with Gasteiger partial charge in [0.2, 0.25) is 5.91 Å². The zero-order valence-electron chi connectivity index (χ0n) is 21.5. The number of thioether (sulfide) groups is 1. The van der Waals surface area contributed by atoms with Crippen LogP contribution >= 0.6 is 34.4 Å². The molecule has 10 heteroatoms. The molecule has 0 aliphatic heterocycles. The van der Waals surface area contributed by atoms with Crippen molar-refractivity contribution in [2.24, 2.45) is 0 Å². The molecule has 5 aromatic rings. The van der Waals surface area contributed by atoms with Gasteiger partial charge in [-0.15, -0.1) is 22.7 Å². The first-order valence-electron chi connectivity index (χ1n) is 12.2. The van der Waals surface area contributed by atoms with Crippen molar-refractivity contribution in [2.75, 3.05) is 17.7 Å². The fraction of sp³-hybridized carbons (Fsp3) is 0.172. The Hall–Kier alpha value is -3.73. The Morgan fingerprint density at radius 1 is 1.03 bits per heavy atom. The number of anilines is 1. The summed E-state index contributed by atoms with van der Waals surface area (Å²) in [6.45, 7) is 5.73. The average molecular weight is 576 g/mol. The van der Waals surface area contributed by atoms with Crippen LogP contribution in [0.15, 0.2) is 76.7 Å². The quantitative estimate of drug-likeness (QED) is 0.126. The minimum absolute atomic E-state index is 0.0000412. The van der Waals surface area contributed by atoms with Crippen LogP contribution in [0.2, 0.25) is 0 Å². The van der Waals surface area contributed by atoms with Crippen LogP contribution < -0.4 is 10.9 Å². The first kappa shape index (κ1) is 26.9. The van der Waals surface area contributed by atoms with Crippen molar-refractivity contribution in [1.82, 2.24) is 9.55 Å². The van der Waals surface area contributed by atoms with E-state index < -0.39 is 5.97 Å². The van der Waals surface area contributed by atoms with Crippen molar-refractivity contribution in [3.63, 3.8) is 0 Å². The van der Waals surface area contributed by atoms with Crippen molar-refractivity contribution in [3.05, 3.63) is 93.1 Å². The lowest BCUT2D eigenvalue weighted by Crippen LogP contribution is -2.22. The molecule has 7 nitrogen and oxygen atoms in total. The van der Waals surface area contributed by atoms with Crippen LogP contribution in [-0.2, 0) is 9.53 Å². The Morgan fingerprint density at radius 3 is 2.41 bits per heavy atom. The van der Waals surface area contributed by atoms with Gasteiger partial charge in [0.25, 0.3) is 5.56 Å². The van der Waals surface area contributed by atoms with Crippen LogP contribution in [0.3, 0.4) is 0 Å². The number of benzene rings is 2. The fourth-order valence-corrected chi connectivity index (χ4v) is 7.02. The summed E-state index contributed by atoms with van der Waals surface area (Å²) in [6, 6.07) is 21.0. The van der Waals surface area contributed by atoms with Gasteiger partial charge in [0.1, 0.15) is 9.83 Å². The van der Waals surface area contributed by atoms with Crippen LogP contribution in [0.5, 0.6) is 0 Å². The maximum atomic E-state index is 13.7. The number of hydrogen-bond acceptors (Lipinski definition) is 8. The van der Waals surface area contributed by atoms with Gasteiger partial charge >= 0.3 is 5.97 Å². The number of ether oxygens (including phenoxy) is 1. The minimum atomic E-state index is -0.459. The lowest BCUT2D eigenvalue weighted by molar-refractivity contribution is -0.113. The molecule has 0 spiro atoms. The standard InChI is InChI=1S/C29H25N3O4S3/c1-4-36-28(35)24-17(2)18(3)38-26(24)30-23(33)16-37-29-31-25-21(15-22(39-25)19-11-7-5-8-12-19)27(34)32(29)20-13-9-6-10-14-20/h5-15H,4,16H2,1-3H3,(H,30,33). The number of carbonyl (C=O) groups excluding carboxylic acids is 2. The third kappa shape index (κ3) is 5.54. The Bertz CT molecular complexity index is 1720. The van der Waals surface area contributed by atoms with Crippen molar-refractivity contribution >= 4 is 61.5 Å². The van der Waals surface area contributed by atoms with E-state index in [2.05, 4.69) is 5.32 Å². The number of hydrogen-bond donors (Lipinski definition) is 1. The number of rotatable bonds is 8. The van der Waals surface area contributed by atoms with Gasteiger partial charge in [-0.2, -0.15) is 0 Å². The van der Waals surface area contributed by atoms with E-state index in [1.807, 2.05) is 80.6 Å². The summed E-state index contributed by atoms with van der Waals surface area (Å²) in [5, 5.41) is 4.27. The molecule has 2 aromatic carbocycles. The van der Waals surface area contributed by atoms with Gasteiger partial charge in [-0.1, -0.05) is 60.3 Å². The molecule has 0 radical (unpaired) electrons. The molecule has 3 heterocycles. The maximum absolute atomic E-state index is 13.7. The van der Waals surface area contributed by atoms with Gasteiger partial charge in [-0.05, 0) is 50.1 Å². The Balaban J connectivity index is 1.47. The highest BCUT2D eigenvalue weighted by molar-refractivity contribution is 7.99. The number of carbonyl (C=O) groups is 2. The zero-order valence-corrected chi connectivity index (χ0v) is 24.0. The highest BCUT2D eigenvalue weighted by Crippen LogP contribution is 2.34. The van der Waals surface area contributed by atoms with E-state index in [0.29, 0.717) is 31.6 Å². The van der Waals surface area contributed by atoms with Gasteiger partial charge in [-0.3, -0.25) is 14.2 Å². The number of para-hydroxylation sites is 1. The second-order valence-corrected chi connectivity index (χ2v) is 11.8. The second-order valence-electron chi connectivity index (χ2n) is 8.61. The van der Waals surface area contributed by atoms with Crippen LogP contribution in [0, 0.1) is 13.8 Å². The van der Waals surface area contributed by atoms with Crippen LogP contribution in [0.25, 0.3) is 26.3 Å². The van der Waals surface area contributed by atoms with Crippen molar-refractivity contribution in [3.8, 4) is 16.1 Å². The molecule has 198 valence electrons. The third-order valence-corrected chi connectivity index (χ3v) is 9.20. The zero-order chi connectivity index (χ0) is 27.5. The minimum Gasteiger partial charge on any atom is -0.462 e. The van der Waals surface area contributed by atoms with E-state index in [9.17, 15) is 14.4 Å². The van der Waals surface area contributed by atoms with E-state index in [-0.39, 0.29) is 23.8 Å². The molecule has 0 fully saturated rings. The molecular formula is C29H25N3O4S3. The summed E-state index contributed by atoms with van der Waals surface area (Å²) in [5.41, 5.74) is 2.66. The van der Waals surface area contributed by atoms with Gasteiger partial charge in [0.15, 0.2) is 5.16 Å². The number of thiophene rings is 2. The summed E-state index contributed by atoms with van der Waals surface area (Å²) in [6.07, 6.45) is 0. The van der Waals surface area contributed by atoms with E-state index >= 15 is 0 Å². The van der Waals surface area contributed by atoms with E-state index in [4.69, 9.17) is 9.72 Å². The summed E-state index contributed by atoms with van der Waals surface area (Å²) in [5.74, 6) is -0.767. The lowest BCUT2D eigenvalue weighted by Gasteiger charge is -2.12. The van der Waals surface area contributed by atoms with Crippen molar-refractivity contribution < 1.29 is 14.3 Å². The largest absolute Gasteiger partial charge is 0.462 e. The molecule has 3 aromatic heterocycles. The topological polar surface area (TPSA) is 90.3 Å². The SMILES string of the molecule is CCOC(=O)c1c(NC(=O)CSc2nc3sc(-c4ccccc4)cc3c(=O)n2-c2ccccc2)sc(C)c1C. The van der Waals surface area contributed by atoms with Gasteiger partial charge in [-0.25, -0.2) is 9.78 Å². The van der Waals surface area contributed by atoms with Crippen LogP contribution in [0.4, 0.5) is 5.00 Å². The first-order valence-corrected chi connectivity index (χ1v) is 14.9. The number of aromatic nitrogens is 2. The molecule has 1 amide bonds. The monoisotopic (exact) mass is 575 g/mol. The van der Waals surface area contributed by atoms with Gasteiger partial charge < -0.3 is 10.1 Å². The molecule has 0 aliphatic rings. The Labute approximate surface area is 237 Å². The highest BCUT2D eigenvalue weighted by Gasteiger charge is 2.23. The summed E-state index contributed by atoms with van der Waals surface area (Å²) >= 11 is 3.96. The van der Waals surface area contributed by atoms with E-state index in [1.165, 1.54) is 34.4 Å². The summed E-state index contributed by atoms with van der Waals surface area (Å²) < 4.78 is 6.74. The number of amides is 1. The predicted octanol–water partition coefficient (Wildman–Crippen LogP) is 6.70. The molecule has 0 saturated carbocycles. The van der Waals surface area contributed by atoms with Crippen LogP contribution in [-0.4, -0.2) is 33.8 Å². The van der Waals surface area contributed by atoms with Crippen molar-refractivity contribution in [2.45, 2.75) is 25.9 Å². The first-order chi connectivity index (χ1) is 18.9. The molecule has 0 bridgehead atoms. The normalized spacial score (nSPS) is 11.1. The third-order valence-electron chi connectivity index (χ3n) is 6.06. The number of esters is 1. The molecular weight excluding hydrogens is 551 g/mol. The maximum Gasteiger partial charge on any atom is 0.341 e. The molecule has 0 atom stereocenters. The summed E-state index contributed by atoms with van der Waals surface area (Å²) in [7, 11) is 0. The molecule has 39 heavy (non-hydrogen) atoms. The Morgan fingerprint density at radius 2 is 1.72 bits per heavy atom. The molecule has 1 N–H and O–H groups in total. The van der Waals surface area contributed by atoms with Gasteiger partial charge in [0.05, 0.1) is 29.0 Å².